The first kappa shape index (κ1) is 13.1. The molecule has 100 valence electrons. The van der Waals surface area contributed by atoms with Crippen molar-refractivity contribution < 1.29 is 10.2 Å². The molecule has 0 saturated heterocycles. The number of carbonyl (C=O) groups is 1. The molecule has 0 saturated carbocycles. The number of anilines is 1. The van der Waals surface area contributed by atoms with Gasteiger partial charge in [-0.25, -0.2) is 0 Å². The first-order valence-electron chi connectivity index (χ1n) is 6.25. The summed E-state index contributed by atoms with van der Waals surface area (Å²) in [5.74, 6) is 0. The van der Waals surface area contributed by atoms with Crippen LogP contribution in [0.5, 0.6) is 0 Å². The molecule has 0 radical (unpaired) electrons. The van der Waals surface area contributed by atoms with E-state index >= 15 is 0 Å². The van der Waals surface area contributed by atoms with E-state index in [0.717, 1.165) is 11.3 Å². The van der Waals surface area contributed by atoms with E-state index < -0.39 is 5.66 Å². The zero-order chi connectivity index (χ0) is 14.0. The van der Waals surface area contributed by atoms with Crippen molar-refractivity contribution in [2.24, 2.45) is 4.99 Å². The number of carbonyl (C=O) groups excluding carboxylic acids is 1. The van der Waals surface area contributed by atoms with E-state index in [1.54, 1.807) is 6.34 Å². The summed E-state index contributed by atoms with van der Waals surface area (Å²) in [6.07, 6.45) is 1.68. The summed E-state index contributed by atoms with van der Waals surface area (Å²) in [7, 11) is 0. The van der Waals surface area contributed by atoms with Crippen molar-refractivity contribution in [3.05, 3.63) is 66.2 Å². The molecule has 0 aromatic heterocycles. The van der Waals surface area contributed by atoms with Crippen LogP contribution in [0.3, 0.4) is 0 Å². The van der Waals surface area contributed by atoms with Crippen LogP contribution in [-0.2, 0) is 10.5 Å². The Bertz CT molecular complexity index is 645. The molecule has 0 bridgehead atoms. The van der Waals surface area contributed by atoms with Crippen molar-refractivity contribution in [3.63, 3.8) is 0 Å². The Morgan fingerprint density at radius 2 is 1.65 bits per heavy atom. The molecule has 1 aliphatic heterocycles. The van der Waals surface area contributed by atoms with Gasteiger partial charge in [0.25, 0.3) is 0 Å². The Labute approximate surface area is 125 Å². The number of nitrogens with zero attached hydrogens (tertiary/aromatic N) is 2. The molecule has 1 unspecified atom stereocenters. The molecule has 5 heteroatoms. The molecule has 3 rings (SSSR count). The number of hydrogen-bond donors (Lipinski definition) is 1. The number of nitrogens with two attached hydrogens (primary N) is 1. The van der Waals surface area contributed by atoms with Crippen LogP contribution in [-0.4, -0.2) is 27.0 Å². The summed E-state index contributed by atoms with van der Waals surface area (Å²) < 4.78 is -0.127. The summed E-state index contributed by atoms with van der Waals surface area (Å²) >= 11 is 2.61. The normalized spacial score (nSPS) is 21.1. The molecule has 1 aliphatic rings. The fourth-order valence-electron chi connectivity index (χ4n) is 2.39. The SMILES string of the molecule is O=C([Se-])C1(c2ccccc2)N=C[NH2+]N1c1ccccc1. The maximum absolute atomic E-state index is 12.3. The summed E-state index contributed by atoms with van der Waals surface area (Å²) in [5, 5.41) is 1.89. The number of hydrogen-bond acceptors (Lipinski definition) is 3. The Hall–Kier alpha value is -1.94. The van der Waals surface area contributed by atoms with Crippen LogP contribution >= 0.6 is 0 Å². The van der Waals surface area contributed by atoms with Gasteiger partial charge in [0.1, 0.15) is 0 Å². The molecule has 0 aliphatic carbocycles. The number of aliphatic imine (C=N–C) groups is 1. The van der Waals surface area contributed by atoms with Crippen molar-refractivity contribution in [1.29, 1.82) is 0 Å². The average molecular weight is 330 g/mol. The fraction of sp³-hybridized carbons (Fsp3) is 0.0667. The summed E-state index contributed by atoms with van der Waals surface area (Å²) in [6.45, 7) is 0. The Kier molecular flexibility index (Phi) is 3.40. The molecule has 1 heterocycles. The van der Waals surface area contributed by atoms with Crippen LogP contribution < -0.4 is 10.4 Å². The predicted molar refractivity (Wildman–Crippen MR) is 78.2 cm³/mol. The summed E-state index contributed by atoms with van der Waals surface area (Å²) in [5.41, 5.74) is 2.57. The van der Waals surface area contributed by atoms with Gasteiger partial charge in [0.2, 0.25) is 0 Å². The van der Waals surface area contributed by atoms with Crippen LogP contribution in [0.4, 0.5) is 5.69 Å². The Morgan fingerprint density at radius 1 is 1.05 bits per heavy atom. The molecule has 4 nitrogen and oxygen atoms in total. The van der Waals surface area contributed by atoms with E-state index in [-0.39, 0.29) is 4.68 Å². The average Bonchev–Trinajstić information content (AvgIpc) is 2.95. The van der Waals surface area contributed by atoms with E-state index in [1.807, 2.05) is 71.1 Å². The second-order valence-electron chi connectivity index (χ2n) is 4.46. The minimum atomic E-state index is -1.04. The van der Waals surface area contributed by atoms with Crippen molar-refractivity contribution >= 4 is 32.7 Å². The predicted octanol–water partition coefficient (Wildman–Crippen LogP) is 0.561. The van der Waals surface area contributed by atoms with Gasteiger partial charge in [-0.15, -0.1) is 0 Å². The monoisotopic (exact) mass is 331 g/mol. The molecular weight excluding hydrogens is 317 g/mol. The topological polar surface area (TPSA) is 49.3 Å². The van der Waals surface area contributed by atoms with E-state index in [9.17, 15) is 4.79 Å². The van der Waals surface area contributed by atoms with Crippen LogP contribution in [0.1, 0.15) is 5.56 Å². The van der Waals surface area contributed by atoms with E-state index in [0.29, 0.717) is 0 Å². The molecule has 1 atom stereocenters. The molecule has 20 heavy (non-hydrogen) atoms. The number of benzene rings is 2. The number of quaternary nitrogens is 1. The van der Waals surface area contributed by atoms with Gasteiger partial charge in [-0.2, -0.15) is 0 Å². The molecule has 2 aromatic carbocycles. The van der Waals surface area contributed by atoms with Gasteiger partial charge in [-0.05, 0) is 0 Å². The second kappa shape index (κ2) is 5.21. The van der Waals surface area contributed by atoms with Crippen molar-refractivity contribution in [1.82, 2.24) is 0 Å². The second-order valence-corrected chi connectivity index (χ2v) is 5.24. The van der Waals surface area contributed by atoms with Gasteiger partial charge in [0, 0.05) is 0 Å². The third-order valence-corrected chi connectivity index (χ3v) is 3.92. The van der Waals surface area contributed by atoms with Crippen LogP contribution in [0.25, 0.3) is 0 Å². The summed E-state index contributed by atoms with van der Waals surface area (Å²) in [6, 6.07) is 19.4. The van der Waals surface area contributed by atoms with Gasteiger partial charge in [-0.1, -0.05) is 0 Å². The van der Waals surface area contributed by atoms with Crippen molar-refractivity contribution in [2.75, 3.05) is 5.01 Å². The van der Waals surface area contributed by atoms with Gasteiger partial charge in [-0.3, -0.25) is 0 Å². The van der Waals surface area contributed by atoms with Gasteiger partial charge < -0.3 is 0 Å². The number of rotatable bonds is 3. The van der Waals surface area contributed by atoms with Crippen molar-refractivity contribution in [2.45, 2.75) is 5.66 Å². The van der Waals surface area contributed by atoms with Crippen LogP contribution in [0.2, 0.25) is 0 Å². The standard InChI is InChI=1S/C15H13N3OSe/c19-14(20)15(12-7-3-1-4-8-12)16-11-17-18(15)13-9-5-2-6-10-13/h1-11H,(H,16,17)(H,19,20). The van der Waals surface area contributed by atoms with Gasteiger partial charge in [0.05, 0.1) is 0 Å². The molecule has 2 N–H and O–H groups in total. The Morgan fingerprint density at radius 3 is 2.25 bits per heavy atom. The van der Waals surface area contributed by atoms with Gasteiger partial charge >= 0.3 is 125 Å². The first-order valence-corrected chi connectivity index (χ1v) is 7.11. The van der Waals surface area contributed by atoms with E-state index in [1.165, 1.54) is 0 Å². The van der Waals surface area contributed by atoms with E-state index in [2.05, 4.69) is 21.0 Å². The third-order valence-electron chi connectivity index (χ3n) is 3.32. The minimum absolute atomic E-state index is 0.127. The number of para-hydroxylation sites is 1. The van der Waals surface area contributed by atoms with E-state index in [4.69, 9.17) is 0 Å². The molecular formula is C15H13N3OSe. The van der Waals surface area contributed by atoms with Crippen LogP contribution in [0, 0.1) is 0 Å². The third kappa shape index (κ3) is 1.96. The Balaban J connectivity index is 2.15. The van der Waals surface area contributed by atoms with Gasteiger partial charge in [0.15, 0.2) is 0 Å². The maximum atomic E-state index is 12.3. The fourth-order valence-corrected chi connectivity index (χ4v) is 2.96. The zero-order valence-corrected chi connectivity index (χ0v) is 12.4. The zero-order valence-electron chi connectivity index (χ0n) is 10.6. The molecule has 0 fully saturated rings. The molecule has 2 aromatic rings. The molecule has 0 spiro atoms. The van der Waals surface area contributed by atoms with Crippen molar-refractivity contribution in [3.8, 4) is 0 Å². The first-order chi connectivity index (χ1) is 9.75. The summed E-state index contributed by atoms with van der Waals surface area (Å²) in [4.78, 5) is 16.8. The molecule has 0 amide bonds. The van der Waals surface area contributed by atoms with Crippen LogP contribution in [0.15, 0.2) is 65.7 Å². The quantitative estimate of drug-likeness (QED) is 0.660.